The van der Waals surface area contributed by atoms with Crippen molar-refractivity contribution in [1.29, 1.82) is 0 Å². The lowest BCUT2D eigenvalue weighted by atomic mass is 10.0. The molecule has 0 aliphatic carbocycles. The molecular weight excluding hydrogens is 379 g/mol. The first kappa shape index (κ1) is 20.2. The molecule has 1 heterocycles. The van der Waals surface area contributed by atoms with Gasteiger partial charge in [0.25, 0.3) is 0 Å². The van der Waals surface area contributed by atoms with Gasteiger partial charge in [-0.1, -0.05) is 35.0 Å². The maximum absolute atomic E-state index is 13.8. The van der Waals surface area contributed by atoms with Crippen LogP contribution in [0.25, 0.3) is 11.4 Å². The van der Waals surface area contributed by atoms with Crippen LogP contribution >= 0.6 is 0 Å². The highest BCUT2D eigenvalue weighted by Gasteiger charge is 2.29. The molecule has 1 aromatic heterocycles. The molecule has 0 radical (unpaired) electrons. The number of rotatable bonds is 5. The summed E-state index contributed by atoms with van der Waals surface area (Å²) in [6, 6.07) is 8.54. The van der Waals surface area contributed by atoms with Crippen molar-refractivity contribution in [2.75, 3.05) is 0 Å². The van der Waals surface area contributed by atoms with Gasteiger partial charge in [0.15, 0.2) is 9.84 Å². The third-order valence-electron chi connectivity index (χ3n) is 4.94. The molecule has 5 nitrogen and oxygen atoms in total. The third-order valence-corrected chi connectivity index (χ3v) is 6.91. The molecule has 7 heteroatoms. The summed E-state index contributed by atoms with van der Waals surface area (Å²) in [6.07, 6.45) is 0. The quantitative estimate of drug-likeness (QED) is 0.614. The molecule has 0 saturated carbocycles. The number of aryl methyl sites for hydroxylation is 4. The summed E-state index contributed by atoms with van der Waals surface area (Å²) in [6.45, 7) is 8.99. The van der Waals surface area contributed by atoms with Crippen molar-refractivity contribution < 1.29 is 17.3 Å². The largest absolute Gasteiger partial charge is 0.338 e. The summed E-state index contributed by atoms with van der Waals surface area (Å²) in [4.78, 5) is 4.19. The van der Waals surface area contributed by atoms with Crippen molar-refractivity contribution in [3.05, 3.63) is 69.9 Å². The predicted molar refractivity (Wildman–Crippen MR) is 106 cm³/mol. The van der Waals surface area contributed by atoms with Gasteiger partial charge in [0.1, 0.15) is 11.1 Å². The molecule has 0 bridgehead atoms. The van der Waals surface area contributed by atoms with E-state index in [9.17, 15) is 12.8 Å². The van der Waals surface area contributed by atoms with Gasteiger partial charge in [0, 0.05) is 5.56 Å². The van der Waals surface area contributed by atoms with Gasteiger partial charge in [-0.25, -0.2) is 12.8 Å². The molecule has 0 spiro atoms. The van der Waals surface area contributed by atoms with Gasteiger partial charge in [0.2, 0.25) is 11.7 Å². The van der Waals surface area contributed by atoms with Crippen molar-refractivity contribution in [3.8, 4) is 11.4 Å². The first-order valence-electron chi connectivity index (χ1n) is 8.97. The van der Waals surface area contributed by atoms with E-state index in [0.29, 0.717) is 11.1 Å². The topological polar surface area (TPSA) is 73.1 Å². The Kier molecular flexibility index (Phi) is 5.39. The number of benzene rings is 2. The highest BCUT2D eigenvalue weighted by atomic mass is 32.2. The number of aromatic nitrogens is 2. The van der Waals surface area contributed by atoms with E-state index in [1.165, 1.54) is 13.0 Å². The van der Waals surface area contributed by atoms with Crippen molar-refractivity contribution in [2.45, 2.75) is 45.6 Å². The lowest BCUT2D eigenvalue weighted by molar-refractivity contribution is 0.377. The van der Waals surface area contributed by atoms with Crippen LogP contribution in [0.1, 0.15) is 45.9 Å². The fraction of sp³-hybridized carbons (Fsp3) is 0.333. The van der Waals surface area contributed by atoms with Crippen LogP contribution in [-0.4, -0.2) is 18.6 Å². The summed E-state index contributed by atoms with van der Waals surface area (Å²) in [5.74, 6) is -0.324. The standard InChI is InChI=1S/C21H23FN2O3S/c1-12-8-14(3)18(15(4)9-12)11-28(25,26)16(5)21-23-20(24-27-21)17-7-6-13(2)19(22)10-17/h6-10,16H,11H2,1-5H3. The minimum Gasteiger partial charge on any atom is -0.338 e. The zero-order valence-electron chi connectivity index (χ0n) is 16.6. The summed E-state index contributed by atoms with van der Waals surface area (Å²) >= 11 is 0. The normalized spacial score (nSPS) is 12.9. The average Bonchev–Trinajstić information content (AvgIpc) is 3.09. The average molecular weight is 402 g/mol. The van der Waals surface area contributed by atoms with Gasteiger partial charge in [-0.15, -0.1) is 0 Å². The highest BCUT2D eigenvalue weighted by molar-refractivity contribution is 7.90. The lowest BCUT2D eigenvalue weighted by Gasteiger charge is -2.14. The molecule has 0 saturated heterocycles. The zero-order valence-corrected chi connectivity index (χ0v) is 17.4. The molecule has 2 aromatic carbocycles. The van der Waals surface area contributed by atoms with Crippen molar-refractivity contribution in [1.82, 2.24) is 10.1 Å². The van der Waals surface area contributed by atoms with Gasteiger partial charge in [0.05, 0.1) is 5.75 Å². The van der Waals surface area contributed by atoms with Crippen LogP contribution in [0.15, 0.2) is 34.9 Å². The van der Waals surface area contributed by atoms with Gasteiger partial charge < -0.3 is 4.52 Å². The fourth-order valence-corrected chi connectivity index (χ4v) is 4.68. The van der Waals surface area contributed by atoms with Crippen LogP contribution < -0.4 is 0 Å². The molecule has 148 valence electrons. The zero-order chi connectivity index (χ0) is 20.6. The number of nitrogens with zero attached hydrogens (tertiary/aromatic N) is 2. The Hall–Kier alpha value is -2.54. The highest BCUT2D eigenvalue weighted by Crippen LogP contribution is 2.29. The summed E-state index contributed by atoms with van der Waals surface area (Å²) in [5.41, 5.74) is 4.71. The molecular formula is C21H23FN2O3S. The van der Waals surface area contributed by atoms with Crippen LogP contribution in [-0.2, 0) is 15.6 Å². The fourth-order valence-electron chi connectivity index (χ4n) is 3.17. The lowest BCUT2D eigenvalue weighted by Crippen LogP contribution is -2.15. The third kappa shape index (κ3) is 3.99. The van der Waals surface area contributed by atoms with Crippen LogP contribution in [0, 0.1) is 33.5 Å². The monoisotopic (exact) mass is 402 g/mol. The molecule has 1 unspecified atom stereocenters. The van der Waals surface area contributed by atoms with Crippen LogP contribution in [0.4, 0.5) is 4.39 Å². The van der Waals surface area contributed by atoms with Gasteiger partial charge >= 0.3 is 0 Å². The predicted octanol–water partition coefficient (Wildman–Crippen LogP) is 4.79. The minimum absolute atomic E-state index is 0.00148. The van der Waals surface area contributed by atoms with Gasteiger partial charge in [-0.05, 0) is 62.9 Å². The Morgan fingerprint density at radius 3 is 2.29 bits per heavy atom. The van der Waals surface area contributed by atoms with E-state index < -0.39 is 15.1 Å². The second-order valence-electron chi connectivity index (χ2n) is 7.25. The first-order chi connectivity index (χ1) is 13.1. The second-order valence-corrected chi connectivity index (χ2v) is 9.57. The summed E-state index contributed by atoms with van der Waals surface area (Å²) < 4.78 is 44.9. The van der Waals surface area contributed by atoms with Gasteiger partial charge in [-0.3, -0.25) is 0 Å². The number of hydrogen-bond acceptors (Lipinski definition) is 5. The Bertz CT molecular complexity index is 1110. The van der Waals surface area contributed by atoms with E-state index in [4.69, 9.17) is 4.52 Å². The number of halogens is 1. The molecule has 0 N–H and O–H groups in total. The van der Waals surface area contributed by atoms with Crippen molar-refractivity contribution in [2.24, 2.45) is 0 Å². The molecule has 0 amide bonds. The molecule has 3 rings (SSSR count). The number of hydrogen-bond donors (Lipinski definition) is 0. The van der Waals surface area contributed by atoms with Crippen molar-refractivity contribution in [3.63, 3.8) is 0 Å². The Morgan fingerprint density at radius 1 is 1.04 bits per heavy atom. The maximum Gasteiger partial charge on any atom is 0.245 e. The summed E-state index contributed by atoms with van der Waals surface area (Å²) in [7, 11) is -3.58. The van der Waals surface area contributed by atoms with E-state index in [1.54, 1.807) is 19.1 Å². The smallest absolute Gasteiger partial charge is 0.245 e. The minimum atomic E-state index is -3.58. The van der Waals surface area contributed by atoms with E-state index in [1.807, 2.05) is 32.9 Å². The molecule has 3 aromatic rings. The number of sulfone groups is 1. The van der Waals surface area contributed by atoms with Crippen molar-refractivity contribution >= 4 is 9.84 Å². The maximum atomic E-state index is 13.8. The molecule has 0 aliphatic heterocycles. The molecule has 28 heavy (non-hydrogen) atoms. The molecule has 0 fully saturated rings. The van der Waals surface area contributed by atoms with Crippen LogP contribution in [0.3, 0.4) is 0 Å². The first-order valence-corrected chi connectivity index (χ1v) is 10.7. The summed E-state index contributed by atoms with van der Waals surface area (Å²) in [5, 5.41) is 2.86. The van der Waals surface area contributed by atoms with E-state index in [2.05, 4.69) is 10.1 Å². The Morgan fingerprint density at radius 2 is 1.68 bits per heavy atom. The van der Waals surface area contributed by atoms with E-state index >= 15 is 0 Å². The van der Waals surface area contributed by atoms with Crippen LogP contribution in [0.2, 0.25) is 0 Å². The molecule has 1 atom stereocenters. The Balaban J connectivity index is 1.88. The SMILES string of the molecule is Cc1cc(C)c(CS(=O)(=O)C(C)c2nc(-c3ccc(C)c(F)c3)no2)c(C)c1. The van der Waals surface area contributed by atoms with Crippen LogP contribution in [0.5, 0.6) is 0 Å². The Labute approximate surface area is 164 Å². The molecule has 0 aliphatic rings. The van der Waals surface area contributed by atoms with E-state index in [0.717, 1.165) is 22.3 Å². The second kappa shape index (κ2) is 7.47. The van der Waals surface area contributed by atoms with Gasteiger partial charge in [-0.2, -0.15) is 4.98 Å². The van der Waals surface area contributed by atoms with E-state index in [-0.39, 0.29) is 23.3 Å².